The van der Waals surface area contributed by atoms with Gasteiger partial charge in [-0.05, 0) is 36.8 Å². The van der Waals surface area contributed by atoms with Crippen LogP contribution in [0.5, 0.6) is 5.75 Å². The molecular weight excluding hydrogens is 248 g/mol. The van der Waals surface area contributed by atoms with E-state index in [-0.39, 0.29) is 16.9 Å². The smallest absolute Gasteiger partial charge is 0.228 e. The Morgan fingerprint density at radius 1 is 1.39 bits per heavy atom. The molecule has 4 nitrogen and oxygen atoms in total. The lowest BCUT2D eigenvalue weighted by molar-refractivity contribution is -0.122. The molecule has 18 heavy (non-hydrogen) atoms. The normalized spacial score (nSPS) is 10.1. The number of ether oxygens (including phenoxy) is 1. The molecule has 5 heteroatoms. The summed E-state index contributed by atoms with van der Waals surface area (Å²) in [7, 11) is 1.59. The highest BCUT2D eigenvalue weighted by atomic mass is 32.1. The molecule has 1 rings (SSSR count). The first-order valence-electron chi connectivity index (χ1n) is 5.70. The fourth-order valence-electron chi connectivity index (χ4n) is 1.33. The number of carbonyl (C=O) groups excluding carboxylic acids is 1. The average molecular weight is 266 g/mol. The van der Waals surface area contributed by atoms with Crippen molar-refractivity contribution in [2.24, 2.45) is 5.92 Å². The number of nitrogens with one attached hydrogen (secondary N) is 2. The second-order valence-electron chi connectivity index (χ2n) is 4.30. The average Bonchev–Trinajstić information content (AvgIpc) is 2.28. The van der Waals surface area contributed by atoms with Crippen LogP contribution in [-0.4, -0.2) is 18.1 Å². The van der Waals surface area contributed by atoms with Gasteiger partial charge in [-0.3, -0.25) is 4.79 Å². The zero-order chi connectivity index (χ0) is 13.7. The SMILES string of the molecule is COc1ccc(C)cc1NC(=S)NC(=O)C(C)C. The molecule has 1 aromatic rings. The Balaban J connectivity index is 2.75. The summed E-state index contributed by atoms with van der Waals surface area (Å²) < 4.78 is 5.22. The first kappa shape index (κ1) is 14.4. The van der Waals surface area contributed by atoms with E-state index in [4.69, 9.17) is 17.0 Å². The number of hydrogen-bond donors (Lipinski definition) is 2. The van der Waals surface area contributed by atoms with Gasteiger partial charge in [0.25, 0.3) is 0 Å². The molecule has 98 valence electrons. The highest BCUT2D eigenvalue weighted by Crippen LogP contribution is 2.24. The van der Waals surface area contributed by atoms with Gasteiger partial charge in [-0.25, -0.2) is 0 Å². The van der Waals surface area contributed by atoms with Gasteiger partial charge < -0.3 is 15.4 Å². The number of rotatable bonds is 3. The molecule has 0 aliphatic rings. The van der Waals surface area contributed by atoms with Crippen molar-refractivity contribution in [1.82, 2.24) is 5.32 Å². The number of benzene rings is 1. The van der Waals surface area contributed by atoms with Crippen LogP contribution in [0, 0.1) is 12.8 Å². The van der Waals surface area contributed by atoms with Crippen molar-refractivity contribution in [1.29, 1.82) is 0 Å². The quantitative estimate of drug-likeness (QED) is 0.825. The van der Waals surface area contributed by atoms with Crippen molar-refractivity contribution in [3.8, 4) is 5.75 Å². The summed E-state index contributed by atoms with van der Waals surface area (Å²) in [5.41, 5.74) is 1.82. The van der Waals surface area contributed by atoms with Crippen LogP contribution in [0.15, 0.2) is 18.2 Å². The maximum Gasteiger partial charge on any atom is 0.228 e. The minimum absolute atomic E-state index is 0.107. The number of methoxy groups -OCH3 is 1. The Kier molecular flexibility index (Phi) is 5.09. The second kappa shape index (κ2) is 6.35. The van der Waals surface area contributed by atoms with Crippen molar-refractivity contribution >= 4 is 28.9 Å². The van der Waals surface area contributed by atoms with Gasteiger partial charge in [0, 0.05) is 5.92 Å². The van der Waals surface area contributed by atoms with E-state index in [1.807, 2.05) is 39.0 Å². The van der Waals surface area contributed by atoms with E-state index in [1.165, 1.54) is 0 Å². The molecule has 0 saturated heterocycles. The molecule has 1 aromatic carbocycles. The molecular formula is C13H18N2O2S. The molecule has 0 aliphatic carbocycles. The molecule has 2 N–H and O–H groups in total. The largest absolute Gasteiger partial charge is 0.495 e. The summed E-state index contributed by atoms with van der Waals surface area (Å²) in [5, 5.41) is 5.86. The lowest BCUT2D eigenvalue weighted by Gasteiger charge is -2.14. The van der Waals surface area contributed by atoms with Crippen LogP contribution in [0.25, 0.3) is 0 Å². The van der Waals surface area contributed by atoms with Gasteiger partial charge in [0.15, 0.2) is 5.11 Å². The molecule has 0 fully saturated rings. The predicted molar refractivity (Wildman–Crippen MR) is 76.9 cm³/mol. The van der Waals surface area contributed by atoms with E-state index in [0.717, 1.165) is 11.3 Å². The van der Waals surface area contributed by atoms with Crippen LogP contribution in [0.2, 0.25) is 0 Å². The van der Waals surface area contributed by atoms with Crippen molar-refractivity contribution in [3.05, 3.63) is 23.8 Å². The Morgan fingerprint density at radius 2 is 2.06 bits per heavy atom. The first-order valence-corrected chi connectivity index (χ1v) is 6.11. The monoisotopic (exact) mass is 266 g/mol. The third-order valence-corrected chi connectivity index (χ3v) is 2.57. The summed E-state index contributed by atoms with van der Waals surface area (Å²) in [4.78, 5) is 11.5. The zero-order valence-corrected chi connectivity index (χ0v) is 11.9. The number of thiocarbonyl (C=S) groups is 1. The van der Waals surface area contributed by atoms with Gasteiger partial charge in [0.2, 0.25) is 5.91 Å². The number of carbonyl (C=O) groups is 1. The molecule has 0 aromatic heterocycles. The topological polar surface area (TPSA) is 50.4 Å². The van der Waals surface area contributed by atoms with Crippen LogP contribution in [-0.2, 0) is 4.79 Å². The summed E-state index contributed by atoms with van der Waals surface area (Å²) in [6.45, 7) is 5.59. The van der Waals surface area contributed by atoms with E-state index in [0.29, 0.717) is 5.75 Å². The fraction of sp³-hybridized carbons (Fsp3) is 0.385. The third kappa shape index (κ3) is 4.00. The molecule has 0 aliphatic heterocycles. The number of hydrogen-bond acceptors (Lipinski definition) is 3. The van der Waals surface area contributed by atoms with Gasteiger partial charge in [0.05, 0.1) is 12.8 Å². The summed E-state index contributed by atoms with van der Waals surface area (Å²) >= 11 is 5.08. The molecule has 0 bridgehead atoms. The van der Waals surface area contributed by atoms with Gasteiger partial charge >= 0.3 is 0 Å². The molecule has 0 unspecified atom stereocenters. The van der Waals surface area contributed by atoms with Crippen LogP contribution < -0.4 is 15.4 Å². The Labute approximate surface area is 113 Å². The standard InChI is InChI=1S/C13H18N2O2S/c1-8(2)12(16)15-13(18)14-10-7-9(3)5-6-11(10)17-4/h5-8H,1-4H3,(H2,14,15,16,18). The van der Waals surface area contributed by atoms with Crippen LogP contribution in [0.3, 0.4) is 0 Å². The minimum atomic E-state index is -0.112. The number of aryl methyl sites for hydroxylation is 1. The van der Waals surface area contributed by atoms with Crippen LogP contribution in [0.4, 0.5) is 5.69 Å². The van der Waals surface area contributed by atoms with E-state index >= 15 is 0 Å². The van der Waals surface area contributed by atoms with Crippen molar-refractivity contribution in [2.45, 2.75) is 20.8 Å². The summed E-state index contributed by atoms with van der Waals surface area (Å²) in [6, 6.07) is 5.71. The third-order valence-electron chi connectivity index (χ3n) is 2.36. The van der Waals surface area contributed by atoms with E-state index in [9.17, 15) is 4.79 Å². The molecule has 0 saturated carbocycles. The summed E-state index contributed by atoms with van der Waals surface area (Å²) in [5.74, 6) is 0.463. The van der Waals surface area contributed by atoms with Gasteiger partial charge in [0.1, 0.15) is 5.75 Å². The van der Waals surface area contributed by atoms with Crippen molar-refractivity contribution in [2.75, 3.05) is 12.4 Å². The van der Waals surface area contributed by atoms with Gasteiger partial charge in [-0.1, -0.05) is 19.9 Å². The van der Waals surface area contributed by atoms with Crippen LogP contribution in [0.1, 0.15) is 19.4 Å². The Morgan fingerprint density at radius 3 is 2.61 bits per heavy atom. The fourth-order valence-corrected chi connectivity index (χ4v) is 1.54. The number of anilines is 1. The Bertz CT molecular complexity index is 458. The highest BCUT2D eigenvalue weighted by molar-refractivity contribution is 7.80. The van der Waals surface area contributed by atoms with Gasteiger partial charge in [-0.2, -0.15) is 0 Å². The predicted octanol–water partition coefficient (Wildman–Crippen LogP) is 2.47. The van der Waals surface area contributed by atoms with Crippen molar-refractivity contribution < 1.29 is 9.53 Å². The van der Waals surface area contributed by atoms with E-state index in [1.54, 1.807) is 7.11 Å². The maximum atomic E-state index is 11.5. The van der Waals surface area contributed by atoms with E-state index in [2.05, 4.69) is 10.6 Å². The van der Waals surface area contributed by atoms with Crippen molar-refractivity contribution in [3.63, 3.8) is 0 Å². The molecule has 0 atom stereocenters. The second-order valence-corrected chi connectivity index (χ2v) is 4.71. The first-order chi connectivity index (χ1) is 8.43. The molecule has 0 spiro atoms. The molecule has 0 heterocycles. The maximum absolute atomic E-state index is 11.5. The number of amides is 1. The highest BCUT2D eigenvalue weighted by Gasteiger charge is 2.10. The molecule has 0 radical (unpaired) electrons. The minimum Gasteiger partial charge on any atom is -0.495 e. The zero-order valence-electron chi connectivity index (χ0n) is 11.0. The van der Waals surface area contributed by atoms with Crippen LogP contribution >= 0.6 is 12.2 Å². The molecule has 1 amide bonds. The Hall–Kier alpha value is -1.62. The lowest BCUT2D eigenvalue weighted by atomic mass is 10.2. The summed E-state index contributed by atoms with van der Waals surface area (Å²) in [6.07, 6.45) is 0. The van der Waals surface area contributed by atoms with E-state index < -0.39 is 0 Å². The lowest BCUT2D eigenvalue weighted by Crippen LogP contribution is -2.36. The van der Waals surface area contributed by atoms with Gasteiger partial charge in [-0.15, -0.1) is 0 Å².